The lowest BCUT2D eigenvalue weighted by Crippen LogP contribution is -2.27. The molecule has 2 atom stereocenters. The van der Waals surface area contributed by atoms with Crippen molar-refractivity contribution < 1.29 is 9.18 Å². The van der Waals surface area contributed by atoms with E-state index in [0.29, 0.717) is 5.69 Å². The van der Waals surface area contributed by atoms with Gasteiger partial charge in [-0.15, -0.1) is 11.3 Å². The van der Waals surface area contributed by atoms with Crippen LogP contribution in [0.3, 0.4) is 0 Å². The Hall–Kier alpha value is -1.79. The molecule has 1 amide bonds. The SMILES string of the molecule is CC(N)c1nc(C(=O)NC(C)c2ccc(F)cc2)cs1. The number of rotatable bonds is 4. The molecule has 3 N–H and O–H groups in total. The number of amides is 1. The molecule has 106 valence electrons. The third-order valence-electron chi connectivity index (χ3n) is 2.86. The lowest BCUT2D eigenvalue weighted by molar-refractivity contribution is 0.0935. The molecule has 0 bridgehead atoms. The number of nitrogens with two attached hydrogens (primary N) is 1. The molecule has 6 heteroatoms. The first kappa shape index (κ1) is 14.6. The van der Waals surface area contributed by atoms with Crippen molar-refractivity contribution in [2.24, 2.45) is 5.73 Å². The number of thiazole rings is 1. The van der Waals surface area contributed by atoms with Crippen molar-refractivity contribution in [3.63, 3.8) is 0 Å². The highest BCUT2D eigenvalue weighted by Gasteiger charge is 2.15. The van der Waals surface area contributed by atoms with Gasteiger partial charge in [-0.25, -0.2) is 9.37 Å². The second-order valence-electron chi connectivity index (χ2n) is 4.61. The van der Waals surface area contributed by atoms with Crippen LogP contribution in [-0.2, 0) is 0 Å². The van der Waals surface area contributed by atoms with Gasteiger partial charge in [0, 0.05) is 5.38 Å². The first-order valence-corrected chi connectivity index (χ1v) is 7.12. The first-order valence-electron chi connectivity index (χ1n) is 6.24. The largest absolute Gasteiger partial charge is 0.344 e. The molecule has 20 heavy (non-hydrogen) atoms. The van der Waals surface area contributed by atoms with Gasteiger partial charge < -0.3 is 11.1 Å². The molecule has 0 aliphatic carbocycles. The third kappa shape index (κ3) is 3.40. The maximum absolute atomic E-state index is 12.8. The van der Waals surface area contributed by atoms with E-state index in [9.17, 15) is 9.18 Å². The van der Waals surface area contributed by atoms with Crippen molar-refractivity contribution in [3.8, 4) is 0 Å². The minimum atomic E-state index is -0.298. The van der Waals surface area contributed by atoms with E-state index < -0.39 is 0 Å². The van der Waals surface area contributed by atoms with E-state index in [1.807, 2.05) is 13.8 Å². The average Bonchev–Trinajstić information content (AvgIpc) is 2.89. The van der Waals surface area contributed by atoms with Gasteiger partial charge in [-0.05, 0) is 31.5 Å². The Bertz CT molecular complexity index is 595. The number of carbonyl (C=O) groups excluding carboxylic acids is 1. The van der Waals surface area contributed by atoms with Gasteiger partial charge in [-0.1, -0.05) is 12.1 Å². The molecule has 1 heterocycles. The van der Waals surface area contributed by atoms with Gasteiger partial charge in [-0.2, -0.15) is 0 Å². The van der Waals surface area contributed by atoms with Crippen LogP contribution >= 0.6 is 11.3 Å². The molecule has 1 aromatic carbocycles. The lowest BCUT2D eigenvalue weighted by Gasteiger charge is -2.13. The van der Waals surface area contributed by atoms with Gasteiger partial charge in [0.1, 0.15) is 16.5 Å². The summed E-state index contributed by atoms with van der Waals surface area (Å²) in [4.78, 5) is 16.2. The molecular formula is C14H16FN3OS. The molecule has 0 fully saturated rings. The third-order valence-corrected chi connectivity index (χ3v) is 3.91. The number of hydrogen-bond donors (Lipinski definition) is 2. The van der Waals surface area contributed by atoms with Crippen molar-refractivity contribution >= 4 is 17.2 Å². The number of benzene rings is 1. The Labute approximate surface area is 120 Å². The van der Waals surface area contributed by atoms with E-state index in [1.54, 1.807) is 17.5 Å². The van der Waals surface area contributed by atoms with Crippen LogP contribution in [0.4, 0.5) is 4.39 Å². The standard InChI is InChI=1S/C14H16FN3OS/c1-8(16)14-18-12(7-20-14)13(19)17-9(2)10-3-5-11(15)6-4-10/h3-9H,16H2,1-2H3,(H,17,19). The maximum Gasteiger partial charge on any atom is 0.271 e. The van der Waals surface area contributed by atoms with Crippen molar-refractivity contribution in [2.45, 2.75) is 25.9 Å². The highest BCUT2D eigenvalue weighted by atomic mass is 32.1. The number of carbonyl (C=O) groups is 1. The van der Waals surface area contributed by atoms with Crippen molar-refractivity contribution in [1.82, 2.24) is 10.3 Å². The summed E-state index contributed by atoms with van der Waals surface area (Å²) in [7, 11) is 0. The number of nitrogens with zero attached hydrogens (tertiary/aromatic N) is 1. The topological polar surface area (TPSA) is 68.0 Å². The Morgan fingerprint density at radius 1 is 1.35 bits per heavy atom. The molecule has 4 nitrogen and oxygen atoms in total. The number of halogens is 1. The van der Waals surface area contributed by atoms with Gasteiger partial charge in [-0.3, -0.25) is 4.79 Å². The maximum atomic E-state index is 12.8. The molecule has 2 rings (SSSR count). The van der Waals surface area contributed by atoms with Crippen molar-refractivity contribution in [1.29, 1.82) is 0 Å². The van der Waals surface area contributed by atoms with Crippen LogP contribution in [0.2, 0.25) is 0 Å². The molecule has 0 saturated heterocycles. The number of hydrogen-bond acceptors (Lipinski definition) is 4. The predicted molar refractivity (Wildman–Crippen MR) is 77.0 cm³/mol. The van der Waals surface area contributed by atoms with Gasteiger partial charge in [0.25, 0.3) is 5.91 Å². The molecule has 1 aromatic heterocycles. The van der Waals surface area contributed by atoms with Gasteiger partial charge in [0.05, 0.1) is 12.1 Å². The lowest BCUT2D eigenvalue weighted by atomic mass is 10.1. The molecule has 0 spiro atoms. The fourth-order valence-corrected chi connectivity index (χ4v) is 2.46. The molecular weight excluding hydrogens is 277 g/mol. The molecule has 2 aromatic rings. The fraction of sp³-hybridized carbons (Fsp3) is 0.286. The molecule has 0 aliphatic rings. The molecule has 0 saturated carbocycles. The van der Waals surface area contributed by atoms with Crippen LogP contribution in [-0.4, -0.2) is 10.9 Å². The Morgan fingerprint density at radius 2 is 2.00 bits per heavy atom. The van der Waals surface area contributed by atoms with Crippen LogP contribution in [0, 0.1) is 5.82 Å². The van der Waals surface area contributed by atoms with Crippen LogP contribution in [0.1, 0.15) is 47.0 Å². The quantitative estimate of drug-likeness (QED) is 0.910. The smallest absolute Gasteiger partial charge is 0.271 e. The van der Waals surface area contributed by atoms with Crippen molar-refractivity contribution in [3.05, 3.63) is 51.7 Å². The summed E-state index contributed by atoms with van der Waals surface area (Å²) in [6.45, 7) is 3.66. The average molecular weight is 293 g/mol. The van der Waals surface area contributed by atoms with E-state index in [1.165, 1.54) is 23.5 Å². The monoisotopic (exact) mass is 293 g/mol. The summed E-state index contributed by atoms with van der Waals surface area (Å²) < 4.78 is 12.8. The van der Waals surface area contributed by atoms with Crippen LogP contribution in [0.25, 0.3) is 0 Å². The molecule has 0 aliphatic heterocycles. The first-order chi connectivity index (χ1) is 9.47. The zero-order chi connectivity index (χ0) is 14.7. The second kappa shape index (κ2) is 6.11. The highest BCUT2D eigenvalue weighted by Crippen LogP contribution is 2.17. The van der Waals surface area contributed by atoms with Gasteiger partial charge in [0.2, 0.25) is 0 Å². The van der Waals surface area contributed by atoms with E-state index in [-0.39, 0.29) is 23.8 Å². The van der Waals surface area contributed by atoms with Crippen LogP contribution < -0.4 is 11.1 Å². The summed E-state index contributed by atoms with van der Waals surface area (Å²) in [5.74, 6) is -0.557. The summed E-state index contributed by atoms with van der Waals surface area (Å²) in [5, 5.41) is 5.24. The van der Waals surface area contributed by atoms with Crippen LogP contribution in [0.15, 0.2) is 29.6 Å². The zero-order valence-electron chi connectivity index (χ0n) is 11.3. The minimum absolute atomic E-state index is 0.184. The zero-order valence-corrected chi connectivity index (χ0v) is 12.1. The summed E-state index contributed by atoms with van der Waals surface area (Å²) in [6.07, 6.45) is 0. The Kier molecular flexibility index (Phi) is 4.46. The number of aromatic nitrogens is 1. The fourth-order valence-electron chi connectivity index (χ4n) is 1.71. The van der Waals surface area contributed by atoms with E-state index in [2.05, 4.69) is 10.3 Å². The van der Waals surface area contributed by atoms with E-state index in [0.717, 1.165) is 10.6 Å². The summed E-state index contributed by atoms with van der Waals surface area (Å²) >= 11 is 1.36. The van der Waals surface area contributed by atoms with Gasteiger partial charge in [0.15, 0.2) is 0 Å². The molecule has 2 unspecified atom stereocenters. The van der Waals surface area contributed by atoms with E-state index in [4.69, 9.17) is 5.73 Å². The van der Waals surface area contributed by atoms with Gasteiger partial charge >= 0.3 is 0 Å². The summed E-state index contributed by atoms with van der Waals surface area (Å²) in [6, 6.07) is 5.63. The summed E-state index contributed by atoms with van der Waals surface area (Å²) in [5.41, 5.74) is 6.91. The Balaban J connectivity index is 2.04. The van der Waals surface area contributed by atoms with Crippen molar-refractivity contribution in [2.75, 3.05) is 0 Å². The highest BCUT2D eigenvalue weighted by molar-refractivity contribution is 7.09. The molecule has 0 radical (unpaired) electrons. The number of nitrogens with one attached hydrogen (secondary N) is 1. The Morgan fingerprint density at radius 3 is 2.55 bits per heavy atom. The van der Waals surface area contributed by atoms with E-state index >= 15 is 0 Å². The predicted octanol–water partition coefficient (Wildman–Crippen LogP) is 2.79. The van der Waals surface area contributed by atoms with Crippen LogP contribution in [0.5, 0.6) is 0 Å². The second-order valence-corrected chi connectivity index (χ2v) is 5.50. The minimum Gasteiger partial charge on any atom is -0.344 e. The normalized spacial score (nSPS) is 13.8.